The molecule has 0 aliphatic carbocycles. The fourth-order valence-corrected chi connectivity index (χ4v) is 8.09. The quantitative estimate of drug-likeness (QED) is 0.0310. The zero-order valence-electron chi connectivity index (χ0n) is 39.3. The number of amides is 1. The van der Waals surface area contributed by atoms with Crippen molar-refractivity contribution in [3.8, 4) is 0 Å². The minimum absolute atomic E-state index is 0.362. The maximum Gasteiger partial charge on any atom is 0.249 e. The number of allylic oxidation sites excluding steroid dienone is 6. The van der Waals surface area contributed by atoms with E-state index in [1.165, 1.54) is 180 Å². The molecule has 0 radical (unpaired) electrons. The molecule has 0 heterocycles. The van der Waals surface area contributed by atoms with Crippen LogP contribution in [0.2, 0.25) is 0 Å². The Morgan fingerprint density at radius 2 is 0.763 bits per heavy atom. The number of carbonyl (C=O) groups excluding carboxylic acids is 1. The van der Waals surface area contributed by atoms with Crippen LogP contribution in [-0.2, 0) is 4.79 Å². The molecule has 59 heavy (non-hydrogen) atoms. The number of unbranched alkanes of at least 4 members (excludes halogenated alkanes) is 33. The van der Waals surface area contributed by atoms with Crippen LogP contribution in [0, 0.1) is 0 Å². The smallest absolute Gasteiger partial charge is 0.249 e. The number of aliphatic hydroxyl groups excluding tert-OH is 4. The Bertz CT molecular complexity index is 935. The number of carbonyl (C=O) groups is 1. The molecule has 5 N–H and O–H groups in total. The van der Waals surface area contributed by atoms with Gasteiger partial charge in [0, 0.05) is 0 Å². The lowest BCUT2D eigenvalue weighted by atomic mass is 10.00. The van der Waals surface area contributed by atoms with Gasteiger partial charge in [0.1, 0.15) is 12.2 Å². The van der Waals surface area contributed by atoms with Gasteiger partial charge in [0.2, 0.25) is 5.91 Å². The maximum absolute atomic E-state index is 12.5. The Morgan fingerprint density at radius 1 is 0.441 bits per heavy atom. The largest absolute Gasteiger partial charge is 0.394 e. The summed E-state index contributed by atoms with van der Waals surface area (Å²) in [4.78, 5) is 12.5. The van der Waals surface area contributed by atoms with Crippen LogP contribution in [0.3, 0.4) is 0 Å². The van der Waals surface area contributed by atoms with Gasteiger partial charge in [-0.3, -0.25) is 4.79 Å². The first kappa shape index (κ1) is 57.5. The van der Waals surface area contributed by atoms with E-state index in [9.17, 15) is 25.2 Å². The van der Waals surface area contributed by atoms with Gasteiger partial charge in [-0.1, -0.05) is 242 Å². The Balaban J connectivity index is 3.56. The summed E-state index contributed by atoms with van der Waals surface area (Å²) in [5, 5.41) is 43.7. The van der Waals surface area contributed by atoms with Gasteiger partial charge >= 0.3 is 0 Å². The normalized spacial score (nSPS) is 14.2. The van der Waals surface area contributed by atoms with Gasteiger partial charge in [0.05, 0.1) is 18.8 Å². The van der Waals surface area contributed by atoms with E-state index in [1.54, 1.807) is 0 Å². The molecule has 0 aromatic carbocycles. The minimum atomic E-state index is -1.29. The molecule has 0 rings (SSSR count). The molecule has 0 spiro atoms. The Kier molecular flexibility index (Phi) is 46.4. The van der Waals surface area contributed by atoms with Crippen molar-refractivity contribution in [1.82, 2.24) is 5.32 Å². The first-order valence-electron chi connectivity index (χ1n) is 25.8. The molecule has 348 valence electrons. The van der Waals surface area contributed by atoms with E-state index in [0.717, 1.165) is 51.4 Å². The molecule has 0 saturated heterocycles. The zero-order chi connectivity index (χ0) is 43.1. The molecule has 1 amide bonds. The molecule has 4 unspecified atom stereocenters. The SMILES string of the molecule is C/C=C/CC/C=C/CC/C=C/CCCC(O)C(O)C(CO)NC(=O)C(O)CCCCCCCCCCCCCCCCCCCCCCCCCCCCCCCCC. The van der Waals surface area contributed by atoms with E-state index < -0.39 is 36.9 Å². The van der Waals surface area contributed by atoms with Crippen molar-refractivity contribution in [2.24, 2.45) is 0 Å². The fourth-order valence-electron chi connectivity index (χ4n) is 8.09. The molecule has 0 fully saturated rings. The molecule has 6 nitrogen and oxygen atoms in total. The molecule has 0 saturated carbocycles. The lowest BCUT2D eigenvalue weighted by Gasteiger charge is -2.27. The first-order chi connectivity index (χ1) is 29.0. The number of hydrogen-bond acceptors (Lipinski definition) is 5. The minimum Gasteiger partial charge on any atom is -0.394 e. The summed E-state index contributed by atoms with van der Waals surface area (Å²) >= 11 is 0. The van der Waals surface area contributed by atoms with Crippen LogP contribution in [0.4, 0.5) is 0 Å². The average Bonchev–Trinajstić information content (AvgIpc) is 3.24. The molecule has 0 aromatic heterocycles. The molecule has 4 atom stereocenters. The van der Waals surface area contributed by atoms with E-state index in [2.05, 4.69) is 48.7 Å². The second-order valence-corrected chi connectivity index (χ2v) is 17.9. The van der Waals surface area contributed by atoms with Gasteiger partial charge in [-0.05, 0) is 58.3 Å². The van der Waals surface area contributed by atoms with Crippen molar-refractivity contribution >= 4 is 5.91 Å². The first-order valence-corrected chi connectivity index (χ1v) is 25.8. The third kappa shape index (κ3) is 41.6. The summed E-state index contributed by atoms with van der Waals surface area (Å²) in [7, 11) is 0. The van der Waals surface area contributed by atoms with Crippen molar-refractivity contribution in [2.45, 2.75) is 289 Å². The van der Waals surface area contributed by atoms with E-state index >= 15 is 0 Å². The van der Waals surface area contributed by atoms with Crippen LogP contribution in [0.15, 0.2) is 36.5 Å². The summed E-state index contributed by atoms with van der Waals surface area (Å²) in [6.45, 7) is 3.83. The standard InChI is InChI=1S/C53H101NO5/c1-3-5-7-9-11-13-15-17-18-19-20-21-22-23-24-25-26-27-28-29-30-31-32-33-34-35-37-39-41-43-45-47-51(57)53(59)54-49(48-55)52(58)50(56)46-44-42-40-38-36-16-14-12-10-8-6-4-2/h4,6,12,14,38,40,49-52,55-58H,3,5,7-11,13,15-37,39,41-48H2,1-2H3,(H,54,59)/b6-4+,14-12+,40-38+. The third-order valence-electron chi connectivity index (χ3n) is 12.2. The van der Waals surface area contributed by atoms with Crippen LogP contribution < -0.4 is 5.32 Å². The van der Waals surface area contributed by atoms with E-state index in [1.807, 2.05) is 6.92 Å². The van der Waals surface area contributed by atoms with E-state index in [-0.39, 0.29) is 0 Å². The Labute approximate surface area is 367 Å². The van der Waals surface area contributed by atoms with Gasteiger partial charge in [-0.15, -0.1) is 0 Å². The second-order valence-electron chi connectivity index (χ2n) is 17.9. The van der Waals surface area contributed by atoms with Crippen LogP contribution in [0.1, 0.15) is 264 Å². The van der Waals surface area contributed by atoms with Crippen LogP contribution >= 0.6 is 0 Å². The van der Waals surface area contributed by atoms with E-state index in [0.29, 0.717) is 19.3 Å². The summed E-state index contributed by atoms with van der Waals surface area (Å²) in [5.41, 5.74) is 0. The summed E-state index contributed by atoms with van der Waals surface area (Å²) in [5.74, 6) is -0.598. The van der Waals surface area contributed by atoms with Crippen LogP contribution in [-0.4, -0.2) is 57.3 Å². The highest BCUT2D eigenvalue weighted by Gasteiger charge is 2.28. The number of aliphatic hydroxyl groups is 4. The predicted molar refractivity (Wildman–Crippen MR) is 256 cm³/mol. The molecule has 0 aromatic rings. The highest BCUT2D eigenvalue weighted by Crippen LogP contribution is 2.18. The lowest BCUT2D eigenvalue weighted by Crippen LogP contribution is -2.53. The Morgan fingerprint density at radius 3 is 1.10 bits per heavy atom. The topological polar surface area (TPSA) is 110 Å². The molecule has 6 heteroatoms. The van der Waals surface area contributed by atoms with Gasteiger partial charge in [0.25, 0.3) is 0 Å². The highest BCUT2D eigenvalue weighted by atomic mass is 16.3. The molecule has 0 aliphatic rings. The van der Waals surface area contributed by atoms with Gasteiger partial charge in [-0.2, -0.15) is 0 Å². The monoisotopic (exact) mass is 832 g/mol. The zero-order valence-corrected chi connectivity index (χ0v) is 39.3. The van der Waals surface area contributed by atoms with E-state index in [4.69, 9.17) is 0 Å². The number of rotatable bonds is 47. The summed E-state index contributed by atoms with van der Waals surface area (Å²) < 4.78 is 0. The number of nitrogens with one attached hydrogen (secondary N) is 1. The van der Waals surface area contributed by atoms with Gasteiger partial charge in [0.15, 0.2) is 0 Å². The third-order valence-corrected chi connectivity index (χ3v) is 12.2. The van der Waals surface area contributed by atoms with Crippen molar-refractivity contribution in [2.75, 3.05) is 6.61 Å². The summed E-state index contributed by atoms with van der Waals surface area (Å²) in [6.07, 6.45) is 58.1. The molecule has 0 bridgehead atoms. The average molecular weight is 832 g/mol. The maximum atomic E-state index is 12.5. The second kappa shape index (κ2) is 47.6. The van der Waals surface area contributed by atoms with Crippen molar-refractivity contribution in [3.63, 3.8) is 0 Å². The highest BCUT2D eigenvalue weighted by molar-refractivity contribution is 5.80. The van der Waals surface area contributed by atoms with Crippen molar-refractivity contribution in [1.29, 1.82) is 0 Å². The fraction of sp³-hybridized carbons (Fsp3) is 0.868. The van der Waals surface area contributed by atoms with Crippen LogP contribution in [0.5, 0.6) is 0 Å². The van der Waals surface area contributed by atoms with Crippen molar-refractivity contribution < 1.29 is 25.2 Å². The number of hydrogen-bond donors (Lipinski definition) is 5. The van der Waals surface area contributed by atoms with Crippen LogP contribution in [0.25, 0.3) is 0 Å². The van der Waals surface area contributed by atoms with Crippen molar-refractivity contribution in [3.05, 3.63) is 36.5 Å². The summed E-state index contributed by atoms with van der Waals surface area (Å²) in [6, 6.07) is -1.01. The Hall–Kier alpha value is -1.47. The van der Waals surface area contributed by atoms with Gasteiger partial charge in [-0.25, -0.2) is 0 Å². The lowest BCUT2D eigenvalue weighted by molar-refractivity contribution is -0.132. The van der Waals surface area contributed by atoms with Gasteiger partial charge < -0.3 is 25.7 Å². The predicted octanol–water partition coefficient (Wildman–Crippen LogP) is 14.5. The molecule has 0 aliphatic heterocycles. The molecular weight excluding hydrogens is 731 g/mol. The molecular formula is C53H101NO5.